The average molecular weight is 292 g/mol. The van der Waals surface area contributed by atoms with Crippen molar-refractivity contribution >= 4 is 30.7 Å². The summed E-state index contributed by atoms with van der Waals surface area (Å²) in [5.41, 5.74) is 0.497. The first-order valence-corrected chi connectivity index (χ1v) is 5.76. The second kappa shape index (κ2) is 9.14. The maximum absolute atomic E-state index is 11.7. The van der Waals surface area contributed by atoms with Gasteiger partial charge in [-0.1, -0.05) is 6.07 Å². The Kier molecular flexibility index (Phi) is 8.71. The summed E-state index contributed by atoms with van der Waals surface area (Å²) in [5.74, 6) is 0.535. The zero-order valence-corrected chi connectivity index (χ0v) is 11.7. The summed E-state index contributed by atoms with van der Waals surface area (Å²) in [7, 11) is 0. The fourth-order valence-corrected chi connectivity index (χ4v) is 1.91. The van der Waals surface area contributed by atoms with E-state index in [4.69, 9.17) is 0 Å². The molecule has 2 rings (SSSR count). The number of hydrogen-bond donors (Lipinski definition) is 2. The Labute approximate surface area is 120 Å². The first-order valence-electron chi connectivity index (χ1n) is 5.76. The van der Waals surface area contributed by atoms with E-state index in [1.165, 1.54) is 0 Å². The molecule has 0 aliphatic carbocycles. The second-order valence-corrected chi connectivity index (χ2v) is 4.12. The molecule has 1 aliphatic heterocycles. The molecule has 1 aliphatic rings. The van der Waals surface area contributed by atoms with Crippen LogP contribution in [-0.2, 0) is 0 Å². The van der Waals surface area contributed by atoms with Gasteiger partial charge in [0, 0.05) is 12.7 Å². The predicted molar refractivity (Wildman–Crippen MR) is 76.7 cm³/mol. The summed E-state index contributed by atoms with van der Waals surface area (Å²) < 4.78 is 0. The summed E-state index contributed by atoms with van der Waals surface area (Å²) in [6.07, 6.45) is 3.92. The fraction of sp³-hybridized carbons (Fsp3) is 0.500. The van der Waals surface area contributed by atoms with E-state index in [2.05, 4.69) is 15.6 Å². The topological polar surface area (TPSA) is 54.0 Å². The van der Waals surface area contributed by atoms with Crippen LogP contribution in [0, 0.1) is 5.92 Å². The SMILES string of the molecule is Cl.Cl.O=C(NCC1CCNCC1)c1ccccn1. The number of carbonyl (C=O) groups excluding carboxylic acids is 1. The molecule has 2 heterocycles. The zero-order valence-electron chi connectivity index (χ0n) is 10.1. The van der Waals surface area contributed by atoms with Crippen molar-refractivity contribution in [2.24, 2.45) is 5.92 Å². The minimum atomic E-state index is -0.0702. The van der Waals surface area contributed by atoms with Crippen LogP contribution in [0.2, 0.25) is 0 Å². The van der Waals surface area contributed by atoms with Crippen molar-refractivity contribution in [2.75, 3.05) is 19.6 Å². The minimum Gasteiger partial charge on any atom is -0.350 e. The molecule has 1 aromatic heterocycles. The quantitative estimate of drug-likeness (QED) is 0.891. The summed E-state index contributed by atoms with van der Waals surface area (Å²) in [6, 6.07) is 5.37. The Balaban J connectivity index is 0.00000144. The van der Waals surface area contributed by atoms with Gasteiger partial charge in [0.2, 0.25) is 0 Å². The van der Waals surface area contributed by atoms with Gasteiger partial charge in [-0.3, -0.25) is 9.78 Å². The van der Waals surface area contributed by atoms with Crippen molar-refractivity contribution in [1.82, 2.24) is 15.6 Å². The molecular weight excluding hydrogens is 273 g/mol. The summed E-state index contributed by atoms with van der Waals surface area (Å²) in [5, 5.41) is 6.25. The molecular formula is C12H19Cl2N3O. The largest absolute Gasteiger partial charge is 0.350 e. The Bertz CT molecular complexity index is 342. The standard InChI is InChI=1S/C12H17N3O.2ClH/c16-12(11-3-1-2-6-14-11)15-9-10-4-7-13-8-5-10;;/h1-3,6,10,13H,4-5,7-9H2,(H,15,16);2*1H. The molecule has 0 radical (unpaired) electrons. The molecule has 0 bridgehead atoms. The highest BCUT2D eigenvalue weighted by molar-refractivity contribution is 5.92. The van der Waals surface area contributed by atoms with Crippen molar-refractivity contribution in [3.63, 3.8) is 0 Å². The van der Waals surface area contributed by atoms with E-state index in [0.29, 0.717) is 11.6 Å². The molecule has 1 fully saturated rings. The van der Waals surface area contributed by atoms with Crippen molar-refractivity contribution in [3.8, 4) is 0 Å². The van der Waals surface area contributed by atoms with Crippen LogP contribution >= 0.6 is 24.8 Å². The van der Waals surface area contributed by atoms with Crippen LogP contribution in [0.3, 0.4) is 0 Å². The summed E-state index contributed by atoms with van der Waals surface area (Å²) in [4.78, 5) is 15.7. The first-order chi connectivity index (χ1) is 7.86. The van der Waals surface area contributed by atoms with Crippen LogP contribution in [-0.4, -0.2) is 30.5 Å². The van der Waals surface area contributed by atoms with Crippen LogP contribution in [0.5, 0.6) is 0 Å². The molecule has 0 spiro atoms. The molecule has 2 N–H and O–H groups in total. The lowest BCUT2D eigenvalue weighted by molar-refractivity contribution is 0.0939. The Morgan fingerprint density at radius 1 is 1.33 bits per heavy atom. The van der Waals surface area contributed by atoms with Crippen LogP contribution in [0.1, 0.15) is 23.3 Å². The Morgan fingerprint density at radius 2 is 2.06 bits per heavy atom. The highest BCUT2D eigenvalue weighted by atomic mass is 35.5. The number of hydrogen-bond acceptors (Lipinski definition) is 3. The third-order valence-corrected chi connectivity index (χ3v) is 2.91. The Morgan fingerprint density at radius 3 is 2.67 bits per heavy atom. The summed E-state index contributed by atoms with van der Waals surface area (Å²) in [6.45, 7) is 2.88. The molecule has 4 nitrogen and oxygen atoms in total. The molecule has 102 valence electrons. The highest BCUT2D eigenvalue weighted by Gasteiger charge is 2.14. The molecule has 1 aromatic rings. The molecule has 0 saturated carbocycles. The van der Waals surface area contributed by atoms with Gasteiger partial charge < -0.3 is 10.6 Å². The van der Waals surface area contributed by atoms with E-state index in [-0.39, 0.29) is 30.7 Å². The number of piperidine rings is 1. The highest BCUT2D eigenvalue weighted by Crippen LogP contribution is 2.09. The average Bonchev–Trinajstić information content (AvgIpc) is 2.38. The van der Waals surface area contributed by atoms with Gasteiger partial charge in [0.25, 0.3) is 5.91 Å². The molecule has 1 saturated heterocycles. The molecule has 1 amide bonds. The minimum absolute atomic E-state index is 0. The summed E-state index contributed by atoms with van der Waals surface area (Å²) >= 11 is 0. The second-order valence-electron chi connectivity index (χ2n) is 4.12. The number of nitrogens with zero attached hydrogens (tertiary/aromatic N) is 1. The molecule has 18 heavy (non-hydrogen) atoms. The van der Waals surface area contributed by atoms with Crippen LogP contribution in [0.15, 0.2) is 24.4 Å². The maximum Gasteiger partial charge on any atom is 0.269 e. The van der Waals surface area contributed by atoms with Crippen LogP contribution in [0.25, 0.3) is 0 Å². The monoisotopic (exact) mass is 291 g/mol. The van der Waals surface area contributed by atoms with Crippen LogP contribution < -0.4 is 10.6 Å². The van der Waals surface area contributed by atoms with E-state index in [1.807, 2.05) is 12.1 Å². The van der Waals surface area contributed by atoms with Gasteiger partial charge in [-0.25, -0.2) is 0 Å². The number of carbonyl (C=O) groups is 1. The van der Waals surface area contributed by atoms with E-state index in [1.54, 1.807) is 12.3 Å². The normalized spacial score (nSPS) is 15.1. The third kappa shape index (κ3) is 5.21. The number of rotatable bonds is 3. The predicted octanol–water partition coefficient (Wildman–Crippen LogP) is 1.65. The van der Waals surface area contributed by atoms with Crippen molar-refractivity contribution < 1.29 is 4.79 Å². The zero-order chi connectivity index (χ0) is 11.2. The molecule has 6 heteroatoms. The van der Waals surface area contributed by atoms with Crippen molar-refractivity contribution in [2.45, 2.75) is 12.8 Å². The van der Waals surface area contributed by atoms with Gasteiger partial charge in [0.1, 0.15) is 5.69 Å². The van der Waals surface area contributed by atoms with Crippen LogP contribution in [0.4, 0.5) is 0 Å². The molecule has 0 aromatic carbocycles. The van der Waals surface area contributed by atoms with Crippen molar-refractivity contribution in [1.29, 1.82) is 0 Å². The van der Waals surface area contributed by atoms with Crippen molar-refractivity contribution in [3.05, 3.63) is 30.1 Å². The number of nitrogens with one attached hydrogen (secondary N) is 2. The Hall–Kier alpha value is -0.840. The maximum atomic E-state index is 11.7. The number of halogens is 2. The number of amides is 1. The van der Waals surface area contributed by atoms with E-state index in [9.17, 15) is 4.79 Å². The van der Waals surface area contributed by atoms with Gasteiger partial charge >= 0.3 is 0 Å². The lowest BCUT2D eigenvalue weighted by atomic mass is 9.98. The number of aromatic nitrogens is 1. The van der Waals surface area contributed by atoms with Gasteiger partial charge in [-0.15, -0.1) is 24.8 Å². The van der Waals surface area contributed by atoms with E-state index in [0.717, 1.165) is 32.5 Å². The fourth-order valence-electron chi connectivity index (χ4n) is 1.91. The third-order valence-electron chi connectivity index (χ3n) is 2.91. The van der Waals surface area contributed by atoms with Gasteiger partial charge in [0.15, 0.2) is 0 Å². The lowest BCUT2D eigenvalue weighted by Gasteiger charge is -2.22. The van der Waals surface area contributed by atoms with E-state index >= 15 is 0 Å². The number of pyridine rings is 1. The first kappa shape index (κ1) is 17.2. The van der Waals surface area contributed by atoms with E-state index < -0.39 is 0 Å². The lowest BCUT2D eigenvalue weighted by Crippen LogP contribution is -2.36. The molecule has 0 unspecified atom stereocenters. The van der Waals surface area contributed by atoms with Gasteiger partial charge in [0.05, 0.1) is 0 Å². The van der Waals surface area contributed by atoms with Gasteiger partial charge in [-0.2, -0.15) is 0 Å². The molecule has 0 atom stereocenters. The van der Waals surface area contributed by atoms with Gasteiger partial charge in [-0.05, 0) is 44.0 Å². The smallest absolute Gasteiger partial charge is 0.269 e.